The highest BCUT2D eigenvalue weighted by atomic mass is 19.3. The van der Waals surface area contributed by atoms with Gasteiger partial charge in [-0.1, -0.05) is 0 Å². The van der Waals surface area contributed by atoms with Crippen LogP contribution in [0.4, 0.5) is 18.9 Å². The second kappa shape index (κ2) is 7.38. The summed E-state index contributed by atoms with van der Waals surface area (Å²) in [5.74, 6) is -1.42. The fourth-order valence-corrected chi connectivity index (χ4v) is 3.59. The number of carbonyl (C=O) groups is 1. The Kier molecular flexibility index (Phi) is 5.00. The van der Waals surface area contributed by atoms with Gasteiger partial charge in [-0.25, -0.2) is 18.2 Å². The van der Waals surface area contributed by atoms with Crippen LogP contribution in [0, 0.1) is 5.82 Å². The van der Waals surface area contributed by atoms with Gasteiger partial charge in [0.15, 0.2) is 0 Å². The molecule has 7 nitrogen and oxygen atoms in total. The van der Waals surface area contributed by atoms with E-state index in [1.54, 1.807) is 28.8 Å². The first-order valence-corrected chi connectivity index (χ1v) is 9.18. The number of fused-ring (bicyclic) bond motifs is 1. The van der Waals surface area contributed by atoms with Crippen LogP contribution in [0.2, 0.25) is 0 Å². The number of aromatic nitrogens is 2. The van der Waals surface area contributed by atoms with E-state index >= 15 is 0 Å². The molecular weight excluding hydrogens is 399 g/mol. The van der Waals surface area contributed by atoms with Crippen molar-refractivity contribution in [2.24, 2.45) is 5.73 Å². The smallest absolute Gasteiger partial charge is 0.274 e. The number of amides is 1. The monoisotopic (exact) mass is 419 g/mol. The summed E-state index contributed by atoms with van der Waals surface area (Å²) in [6.45, 7) is 1.00. The zero-order valence-electron chi connectivity index (χ0n) is 16.0. The van der Waals surface area contributed by atoms with Gasteiger partial charge >= 0.3 is 0 Å². The Balaban J connectivity index is 1.66. The number of nitrogens with zero attached hydrogens (tertiary/aromatic N) is 2. The Labute approximate surface area is 170 Å². The van der Waals surface area contributed by atoms with Gasteiger partial charge in [0.25, 0.3) is 12.3 Å². The number of hydrogen-bond donors (Lipinski definition) is 3. The van der Waals surface area contributed by atoms with Crippen LogP contribution in [0.15, 0.2) is 48.9 Å². The van der Waals surface area contributed by atoms with E-state index in [2.05, 4.69) is 15.6 Å². The highest BCUT2D eigenvalue weighted by Gasteiger charge is 2.50. The van der Waals surface area contributed by atoms with E-state index in [1.807, 2.05) is 0 Å². The number of hydrogen-bond acceptors (Lipinski definition) is 5. The van der Waals surface area contributed by atoms with Gasteiger partial charge in [-0.3, -0.25) is 10.1 Å². The number of alkyl halides is 2. The first-order valence-electron chi connectivity index (χ1n) is 9.18. The van der Waals surface area contributed by atoms with Crippen LogP contribution in [0.1, 0.15) is 23.0 Å². The molecule has 0 aliphatic carbocycles. The number of rotatable bonds is 4. The maximum atomic E-state index is 14.6. The van der Waals surface area contributed by atoms with Crippen LogP contribution < -0.4 is 16.4 Å². The first-order chi connectivity index (χ1) is 14.2. The molecule has 1 aromatic carbocycles. The number of benzene rings is 1. The average Bonchev–Trinajstić information content (AvgIpc) is 3.16. The molecule has 158 valence electrons. The van der Waals surface area contributed by atoms with E-state index in [0.29, 0.717) is 0 Å². The molecule has 4 N–H and O–H groups in total. The zero-order valence-corrected chi connectivity index (χ0v) is 16.0. The molecule has 1 saturated heterocycles. The van der Waals surface area contributed by atoms with E-state index < -0.39 is 36.0 Å². The zero-order chi connectivity index (χ0) is 21.5. The molecule has 0 radical (unpaired) electrons. The van der Waals surface area contributed by atoms with Crippen molar-refractivity contribution in [1.29, 1.82) is 0 Å². The second-order valence-electron chi connectivity index (χ2n) is 7.57. The predicted molar refractivity (Wildman–Crippen MR) is 104 cm³/mol. The minimum absolute atomic E-state index is 0.00655. The summed E-state index contributed by atoms with van der Waals surface area (Å²) in [5.41, 5.74) is 3.18. The van der Waals surface area contributed by atoms with Crippen LogP contribution in [-0.2, 0) is 10.3 Å². The van der Waals surface area contributed by atoms with E-state index in [0.717, 1.165) is 17.6 Å². The quantitative estimate of drug-likeness (QED) is 0.604. The highest BCUT2D eigenvalue weighted by Crippen LogP contribution is 2.36. The summed E-state index contributed by atoms with van der Waals surface area (Å²) >= 11 is 0. The van der Waals surface area contributed by atoms with Gasteiger partial charge in [0.1, 0.15) is 17.1 Å². The molecule has 1 amide bonds. The van der Waals surface area contributed by atoms with Crippen molar-refractivity contribution in [2.75, 3.05) is 18.5 Å². The number of carbonyl (C=O) groups excluding carboxylic acids is 1. The number of nitrogens with one attached hydrogen (secondary N) is 2. The molecule has 4 rings (SSSR count). The van der Waals surface area contributed by atoms with Gasteiger partial charge in [-0.05, 0) is 43.3 Å². The van der Waals surface area contributed by atoms with Crippen molar-refractivity contribution in [2.45, 2.75) is 24.6 Å². The predicted octanol–water partition coefficient (Wildman–Crippen LogP) is 2.48. The van der Waals surface area contributed by atoms with Gasteiger partial charge in [0.2, 0.25) is 0 Å². The lowest BCUT2D eigenvalue weighted by atomic mass is 9.87. The van der Waals surface area contributed by atoms with Crippen molar-refractivity contribution in [1.82, 2.24) is 14.7 Å². The Morgan fingerprint density at radius 2 is 2.13 bits per heavy atom. The third kappa shape index (κ3) is 3.64. The summed E-state index contributed by atoms with van der Waals surface area (Å²) in [7, 11) is 0. The summed E-state index contributed by atoms with van der Waals surface area (Å²) < 4.78 is 49.8. The van der Waals surface area contributed by atoms with Crippen LogP contribution >= 0.6 is 0 Å². The largest absolute Gasteiger partial charge is 0.376 e. The molecule has 2 atom stereocenters. The van der Waals surface area contributed by atoms with Gasteiger partial charge in [-0.15, -0.1) is 0 Å². The Morgan fingerprint density at radius 3 is 2.87 bits per heavy atom. The molecule has 0 saturated carbocycles. The molecule has 0 bridgehead atoms. The van der Waals surface area contributed by atoms with Crippen LogP contribution in [0.25, 0.3) is 5.52 Å². The maximum absolute atomic E-state index is 14.6. The van der Waals surface area contributed by atoms with Crippen molar-refractivity contribution in [3.8, 4) is 0 Å². The molecule has 1 fully saturated rings. The topological polar surface area (TPSA) is 93.7 Å². The van der Waals surface area contributed by atoms with Gasteiger partial charge < -0.3 is 20.2 Å². The minimum atomic E-state index is -3.01. The van der Waals surface area contributed by atoms with Crippen molar-refractivity contribution in [3.05, 3.63) is 66.0 Å². The second-order valence-corrected chi connectivity index (χ2v) is 7.57. The third-order valence-electron chi connectivity index (χ3n) is 4.97. The first kappa shape index (κ1) is 20.3. The molecule has 10 heteroatoms. The normalized spacial score (nSPS) is 24.3. The summed E-state index contributed by atoms with van der Waals surface area (Å²) in [6, 6.07) is 8.66. The SMILES string of the molecule is CC1(N)COC[C@](c2cc(NC(=O)c3cc4cccn4cn3)ccc2F)(C(F)F)N1. The number of anilines is 1. The standard InChI is InChI=1S/C20H20F3N5O2/c1-19(24)9-30-10-20(27-19,18(22)23)14-7-12(4-5-15(14)21)26-17(29)16-8-13-3-2-6-28(13)11-25-16/h2-8,11,18,27H,9-10,24H2,1H3,(H,26,29)/t19?,20-/m0/s1. The van der Waals surface area contributed by atoms with E-state index in [4.69, 9.17) is 10.5 Å². The highest BCUT2D eigenvalue weighted by molar-refractivity contribution is 6.03. The molecule has 1 unspecified atom stereocenters. The van der Waals surface area contributed by atoms with E-state index in [9.17, 15) is 18.0 Å². The third-order valence-corrected chi connectivity index (χ3v) is 4.97. The minimum Gasteiger partial charge on any atom is -0.376 e. The van der Waals surface area contributed by atoms with Gasteiger partial charge in [0.05, 0.1) is 25.2 Å². The lowest BCUT2D eigenvalue weighted by Crippen LogP contribution is -2.70. The van der Waals surface area contributed by atoms with Crippen molar-refractivity contribution < 1.29 is 22.7 Å². The van der Waals surface area contributed by atoms with E-state index in [1.165, 1.54) is 19.3 Å². The number of nitrogens with two attached hydrogens (primary N) is 1. The fraction of sp³-hybridized carbons (Fsp3) is 0.300. The summed E-state index contributed by atoms with van der Waals surface area (Å²) in [5, 5.41) is 5.20. The Bertz CT molecular complexity index is 1100. The number of ether oxygens (including phenoxy) is 1. The number of halogens is 3. The molecular formula is C20H20F3N5O2. The molecule has 0 spiro atoms. The van der Waals surface area contributed by atoms with Gasteiger partial charge in [0, 0.05) is 23.0 Å². The van der Waals surface area contributed by atoms with E-state index in [-0.39, 0.29) is 23.6 Å². The van der Waals surface area contributed by atoms with Crippen molar-refractivity contribution >= 4 is 17.1 Å². The molecule has 2 aromatic heterocycles. The maximum Gasteiger partial charge on any atom is 0.274 e. The van der Waals surface area contributed by atoms with Crippen LogP contribution in [0.3, 0.4) is 0 Å². The van der Waals surface area contributed by atoms with Gasteiger partial charge in [-0.2, -0.15) is 0 Å². The molecule has 3 heterocycles. The molecule has 30 heavy (non-hydrogen) atoms. The average molecular weight is 419 g/mol. The lowest BCUT2D eigenvalue weighted by Gasteiger charge is -2.45. The Hall–Kier alpha value is -2.95. The van der Waals surface area contributed by atoms with Crippen LogP contribution in [0.5, 0.6) is 0 Å². The molecule has 3 aromatic rings. The summed E-state index contributed by atoms with van der Waals surface area (Å²) in [4.78, 5) is 16.7. The lowest BCUT2D eigenvalue weighted by molar-refractivity contribution is -0.104. The molecule has 1 aliphatic rings. The Morgan fingerprint density at radius 1 is 1.33 bits per heavy atom. The summed E-state index contributed by atoms with van der Waals surface area (Å²) in [6.07, 6.45) is 0.252. The van der Waals surface area contributed by atoms with Crippen LogP contribution in [-0.4, -0.2) is 40.6 Å². The number of morpholine rings is 1. The fourth-order valence-electron chi connectivity index (χ4n) is 3.59. The molecule has 1 aliphatic heterocycles. The van der Waals surface area contributed by atoms with Crippen molar-refractivity contribution in [3.63, 3.8) is 0 Å².